The summed E-state index contributed by atoms with van der Waals surface area (Å²) in [7, 11) is 0. The monoisotopic (exact) mass is 363 g/mol. The number of amides is 1. The number of halogens is 2. The summed E-state index contributed by atoms with van der Waals surface area (Å²) in [5.74, 6) is -1.53. The van der Waals surface area contributed by atoms with E-state index in [1.807, 2.05) is 25.7 Å². The summed E-state index contributed by atoms with van der Waals surface area (Å²) < 4.78 is 33.6. The predicted octanol–water partition coefficient (Wildman–Crippen LogP) is 5.30. The lowest BCUT2D eigenvalue weighted by Crippen LogP contribution is -2.53. The minimum absolute atomic E-state index is 0.0225. The zero-order chi connectivity index (χ0) is 19.1. The summed E-state index contributed by atoms with van der Waals surface area (Å²) in [6, 6.07) is 3.32. The molecule has 0 aliphatic carbocycles. The molecule has 5 heteroatoms. The molecule has 0 aromatic heterocycles. The topological polar surface area (TPSA) is 29.5 Å². The molecule has 2 aliphatic heterocycles. The average Bonchev–Trinajstić information content (AvgIpc) is 2.53. The number of piperidine rings is 1. The third-order valence-electron chi connectivity index (χ3n) is 5.09. The van der Waals surface area contributed by atoms with E-state index in [1.165, 1.54) is 0 Å². The van der Waals surface area contributed by atoms with Crippen LogP contribution in [0.3, 0.4) is 0 Å². The van der Waals surface area contributed by atoms with Crippen molar-refractivity contribution in [3.05, 3.63) is 46.5 Å². The van der Waals surface area contributed by atoms with Gasteiger partial charge in [0, 0.05) is 6.04 Å². The minimum atomic E-state index is -0.769. The second-order valence-corrected chi connectivity index (χ2v) is 8.42. The molecule has 2 aliphatic rings. The highest BCUT2D eigenvalue weighted by Crippen LogP contribution is 2.35. The minimum Gasteiger partial charge on any atom is -0.444 e. The van der Waals surface area contributed by atoms with Crippen molar-refractivity contribution in [3.8, 4) is 0 Å². The van der Waals surface area contributed by atoms with Crippen LogP contribution >= 0.6 is 0 Å². The molecule has 1 aromatic rings. The lowest BCUT2D eigenvalue weighted by Gasteiger charge is -2.45. The standard InChI is InChI=1S/C21H27F2NO2/c1-13-8-9-15(19(23)18(13)22)10-14-11-16-6-5-7-17(12-14)24(16)20(25)26-21(2,3)4/h8-9,11,16-17H,5-7,10,12H2,1-4H3. The molecular weight excluding hydrogens is 336 g/mol. The number of fused-ring (bicyclic) bond motifs is 2. The van der Waals surface area contributed by atoms with Crippen LogP contribution in [0.1, 0.15) is 57.6 Å². The van der Waals surface area contributed by atoms with Crippen molar-refractivity contribution in [1.82, 2.24) is 4.90 Å². The summed E-state index contributed by atoms with van der Waals surface area (Å²) in [6.07, 6.45) is 5.70. The van der Waals surface area contributed by atoms with E-state index >= 15 is 0 Å². The van der Waals surface area contributed by atoms with Gasteiger partial charge in [0.25, 0.3) is 0 Å². The van der Waals surface area contributed by atoms with Gasteiger partial charge in [-0.2, -0.15) is 0 Å². The first-order valence-electron chi connectivity index (χ1n) is 9.30. The van der Waals surface area contributed by atoms with Gasteiger partial charge in [-0.05, 0) is 70.9 Å². The van der Waals surface area contributed by atoms with Gasteiger partial charge in [0.05, 0.1) is 6.04 Å². The molecule has 2 bridgehead atoms. The average molecular weight is 363 g/mol. The quantitative estimate of drug-likeness (QED) is 0.667. The molecule has 26 heavy (non-hydrogen) atoms. The van der Waals surface area contributed by atoms with Crippen LogP contribution in [0.2, 0.25) is 0 Å². The van der Waals surface area contributed by atoms with Crippen LogP contribution in [0.5, 0.6) is 0 Å². The highest BCUT2D eigenvalue weighted by molar-refractivity contribution is 5.70. The molecule has 1 fully saturated rings. The molecule has 0 saturated carbocycles. The Kier molecular flexibility index (Phi) is 5.09. The zero-order valence-electron chi connectivity index (χ0n) is 15.9. The van der Waals surface area contributed by atoms with E-state index in [1.54, 1.807) is 19.1 Å². The fourth-order valence-corrected chi connectivity index (χ4v) is 3.92. The van der Waals surface area contributed by atoms with Crippen LogP contribution in [0.15, 0.2) is 23.8 Å². The Hall–Kier alpha value is -1.91. The smallest absolute Gasteiger partial charge is 0.411 e. The Morgan fingerprint density at radius 3 is 2.62 bits per heavy atom. The summed E-state index contributed by atoms with van der Waals surface area (Å²) in [5.41, 5.74) is 1.24. The van der Waals surface area contributed by atoms with E-state index < -0.39 is 17.2 Å². The second-order valence-electron chi connectivity index (χ2n) is 8.42. The van der Waals surface area contributed by atoms with Crippen LogP contribution in [0, 0.1) is 18.6 Å². The van der Waals surface area contributed by atoms with Crippen LogP contribution in [0.4, 0.5) is 13.6 Å². The van der Waals surface area contributed by atoms with Crippen molar-refractivity contribution in [1.29, 1.82) is 0 Å². The molecule has 0 N–H and O–H groups in total. The predicted molar refractivity (Wildman–Crippen MR) is 97.0 cm³/mol. The van der Waals surface area contributed by atoms with E-state index in [2.05, 4.69) is 6.08 Å². The van der Waals surface area contributed by atoms with Gasteiger partial charge in [0.2, 0.25) is 0 Å². The van der Waals surface area contributed by atoms with Gasteiger partial charge >= 0.3 is 6.09 Å². The normalized spacial score (nSPS) is 22.8. The van der Waals surface area contributed by atoms with Gasteiger partial charge in [0.15, 0.2) is 11.6 Å². The molecule has 1 saturated heterocycles. The summed E-state index contributed by atoms with van der Waals surface area (Å²) in [4.78, 5) is 14.4. The fraction of sp³-hybridized carbons (Fsp3) is 0.571. The number of carbonyl (C=O) groups is 1. The Balaban J connectivity index is 1.80. The van der Waals surface area contributed by atoms with Crippen LogP contribution in [-0.4, -0.2) is 28.7 Å². The summed E-state index contributed by atoms with van der Waals surface area (Å²) >= 11 is 0. The maximum atomic E-state index is 14.2. The molecule has 0 spiro atoms. The number of ether oxygens (including phenoxy) is 1. The third-order valence-corrected chi connectivity index (χ3v) is 5.09. The summed E-state index contributed by atoms with van der Waals surface area (Å²) in [6.45, 7) is 7.15. The van der Waals surface area contributed by atoms with Gasteiger partial charge in [-0.15, -0.1) is 0 Å². The Morgan fingerprint density at radius 1 is 1.23 bits per heavy atom. The van der Waals surface area contributed by atoms with Crippen molar-refractivity contribution in [2.45, 2.75) is 77.5 Å². The highest BCUT2D eigenvalue weighted by Gasteiger charge is 2.39. The molecule has 3 rings (SSSR count). The number of benzene rings is 1. The SMILES string of the molecule is Cc1ccc(CC2=CC3CCCC(C2)N3C(=O)OC(C)(C)C)c(F)c1F. The zero-order valence-corrected chi connectivity index (χ0v) is 15.9. The first-order chi connectivity index (χ1) is 12.2. The van der Waals surface area contributed by atoms with E-state index in [0.29, 0.717) is 24.0 Å². The maximum Gasteiger partial charge on any atom is 0.411 e. The van der Waals surface area contributed by atoms with Gasteiger partial charge in [-0.1, -0.05) is 23.8 Å². The largest absolute Gasteiger partial charge is 0.444 e. The first-order valence-corrected chi connectivity index (χ1v) is 9.30. The van der Waals surface area contributed by atoms with E-state index in [9.17, 15) is 13.6 Å². The number of aryl methyl sites for hydroxylation is 1. The number of hydrogen-bond donors (Lipinski definition) is 0. The first kappa shape index (κ1) is 18.9. The molecule has 2 heterocycles. The van der Waals surface area contributed by atoms with Crippen molar-refractivity contribution < 1.29 is 18.3 Å². The molecule has 1 amide bonds. The van der Waals surface area contributed by atoms with Gasteiger partial charge in [-0.3, -0.25) is 4.90 Å². The number of carbonyl (C=O) groups excluding carboxylic acids is 1. The van der Waals surface area contributed by atoms with Crippen LogP contribution < -0.4 is 0 Å². The maximum absolute atomic E-state index is 14.2. The van der Waals surface area contributed by atoms with Crippen molar-refractivity contribution in [2.24, 2.45) is 0 Å². The molecule has 1 aromatic carbocycles. The Morgan fingerprint density at radius 2 is 1.96 bits per heavy atom. The Bertz CT molecular complexity index is 736. The summed E-state index contributed by atoms with van der Waals surface area (Å²) in [5, 5.41) is 0. The highest BCUT2D eigenvalue weighted by atomic mass is 19.2. The molecule has 2 atom stereocenters. The number of hydrogen-bond acceptors (Lipinski definition) is 2. The third kappa shape index (κ3) is 3.92. The van der Waals surface area contributed by atoms with Crippen molar-refractivity contribution in [2.75, 3.05) is 0 Å². The van der Waals surface area contributed by atoms with Gasteiger partial charge in [-0.25, -0.2) is 13.6 Å². The molecule has 0 radical (unpaired) electrons. The fourth-order valence-electron chi connectivity index (χ4n) is 3.92. The molecule has 3 nitrogen and oxygen atoms in total. The van der Waals surface area contributed by atoms with Crippen molar-refractivity contribution in [3.63, 3.8) is 0 Å². The van der Waals surface area contributed by atoms with E-state index in [-0.39, 0.29) is 18.2 Å². The number of rotatable bonds is 2. The van der Waals surface area contributed by atoms with Crippen LogP contribution in [-0.2, 0) is 11.2 Å². The second kappa shape index (κ2) is 7.01. The van der Waals surface area contributed by atoms with Gasteiger partial charge in [0.1, 0.15) is 5.60 Å². The number of nitrogens with zero attached hydrogens (tertiary/aromatic N) is 1. The van der Waals surface area contributed by atoms with Gasteiger partial charge < -0.3 is 4.74 Å². The lowest BCUT2D eigenvalue weighted by atomic mass is 9.83. The Labute approximate surface area is 154 Å². The van der Waals surface area contributed by atoms with Crippen molar-refractivity contribution >= 4 is 6.09 Å². The molecule has 2 unspecified atom stereocenters. The molecular formula is C21H27F2NO2. The van der Waals surface area contributed by atoms with E-state index in [0.717, 1.165) is 24.8 Å². The molecule has 142 valence electrons. The lowest BCUT2D eigenvalue weighted by molar-refractivity contribution is -0.00151. The van der Waals surface area contributed by atoms with Crippen LogP contribution in [0.25, 0.3) is 0 Å². The van der Waals surface area contributed by atoms with E-state index in [4.69, 9.17) is 4.74 Å².